The van der Waals surface area contributed by atoms with E-state index < -0.39 is 0 Å². The van der Waals surface area contributed by atoms with Crippen LogP contribution in [-0.2, 0) is 4.79 Å². The van der Waals surface area contributed by atoms with E-state index in [1.54, 1.807) is 11.9 Å². The van der Waals surface area contributed by atoms with Crippen molar-refractivity contribution in [2.75, 3.05) is 44.7 Å². The van der Waals surface area contributed by atoms with Gasteiger partial charge in [-0.3, -0.25) is 4.79 Å². The van der Waals surface area contributed by atoms with Crippen molar-refractivity contribution >= 4 is 12.1 Å². The van der Waals surface area contributed by atoms with Gasteiger partial charge in [0.2, 0.25) is 6.41 Å². The molecule has 0 unspecified atom stereocenters. The van der Waals surface area contributed by atoms with Crippen LogP contribution in [-0.4, -0.2) is 51.1 Å². The standard InChI is InChI=1S/C10H13NO.C6H14N2/c1-8-5-4-6-9(2)10(8)11(3)7-12;1-2-8-5-3-7-4-6-8/h4-7H,1-3H3;7H,2-6H2,1H3. The monoisotopic (exact) mass is 277 g/mol. The third-order valence-corrected chi connectivity index (χ3v) is 3.61. The number of benzene rings is 1. The molecular weight excluding hydrogens is 250 g/mol. The largest absolute Gasteiger partial charge is 0.318 e. The van der Waals surface area contributed by atoms with E-state index in [0.717, 1.165) is 23.2 Å². The highest BCUT2D eigenvalue weighted by Crippen LogP contribution is 2.21. The fourth-order valence-electron chi connectivity index (χ4n) is 2.44. The molecule has 2 rings (SSSR count). The van der Waals surface area contributed by atoms with Crippen LogP contribution in [0.3, 0.4) is 0 Å². The quantitative estimate of drug-likeness (QED) is 0.856. The second-order valence-electron chi connectivity index (χ2n) is 5.14. The Balaban J connectivity index is 0.000000217. The maximum atomic E-state index is 10.5. The van der Waals surface area contributed by atoms with Crippen molar-refractivity contribution in [2.24, 2.45) is 0 Å². The Hall–Kier alpha value is -1.39. The highest BCUT2D eigenvalue weighted by atomic mass is 16.1. The number of anilines is 1. The second-order valence-corrected chi connectivity index (χ2v) is 5.14. The van der Waals surface area contributed by atoms with Crippen LogP contribution >= 0.6 is 0 Å². The first-order valence-electron chi connectivity index (χ1n) is 7.27. The van der Waals surface area contributed by atoms with Crippen molar-refractivity contribution in [3.8, 4) is 0 Å². The Morgan fingerprint density at radius 2 is 1.80 bits per heavy atom. The molecule has 112 valence electrons. The molecule has 0 atom stereocenters. The minimum Gasteiger partial charge on any atom is -0.318 e. The lowest BCUT2D eigenvalue weighted by atomic mass is 10.1. The van der Waals surface area contributed by atoms with Gasteiger partial charge in [-0.05, 0) is 31.5 Å². The van der Waals surface area contributed by atoms with Gasteiger partial charge < -0.3 is 15.1 Å². The van der Waals surface area contributed by atoms with Crippen LogP contribution in [0.15, 0.2) is 18.2 Å². The predicted molar refractivity (Wildman–Crippen MR) is 85.4 cm³/mol. The fourth-order valence-corrected chi connectivity index (χ4v) is 2.44. The predicted octanol–water partition coefficient (Wildman–Crippen LogP) is 1.81. The molecule has 4 heteroatoms. The summed E-state index contributed by atoms with van der Waals surface area (Å²) >= 11 is 0. The lowest BCUT2D eigenvalue weighted by Crippen LogP contribution is -2.43. The van der Waals surface area contributed by atoms with Crippen molar-refractivity contribution < 1.29 is 4.79 Å². The molecule has 1 fully saturated rings. The van der Waals surface area contributed by atoms with E-state index >= 15 is 0 Å². The molecule has 1 N–H and O–H groups in total. The Labute approximate surface area is 122 Å². The van der Waals surface area contributed by atoms with Gasteiger partial charge in [0.15, 0.2) is 0 Å². The third kappa shape index (κ3) is 4.94. The molecule has 0 radical (unpaired) electrons. The lowest BCUT2D eigenvalue weighted by Gasteiger charge is -2.25. The van der Waals surface area contributed by atoms with Crippen molar-refractivity contribution in [1.29, 1.82) is 0 Å². The number of likely N-dealkylation sites (N-methyl/N-ethyl adjacent to an activating group) is 1. The topological polar surface area (TPSA) is 35.6 Å². The molecular formula is C16H27N3O. The molecule has 1 saturated heterocycles. The van der Waals surface area contributed by atoms with E-state index in [1.807, 2.05) is 32.0 Å². The molecule has 0 spiro atoms. The summed E-state index contributed by atoms with van der Waals surface area (Å²) in [4.78, 5) is 14.6. The van der Waals surface area contributed by atoms with E-state index in [-0.39, 0.29) is 0 Å². The normalized spacial score (nSPS) is 15.2. The summed E-state index contributed by atoms with van der Waals surface area (Å²) < 4.78 is 0. The average molecular weight is 277 g/mol. The van der Waals surface area contributed by atoms with Gasteiger partial charge in [0.1, 0.15) is 0 Å². The summed E-state index contributed by atoms with van der Waals surface area (Å²) in [6, 6.07) is 6.00. The van der Waals surface area contributed by atoms with Crippen LogP contribution in [0.4, 0.5) is 5.69 Å². The van der Waals surface area contributed by atoms with Gasteiger partial charge in [-0.1, -0.05) is 25.1 Å². The summed E-state index contributed by atoms with van der Waals surface area (Å²) in [5.74, 6) is 0. The van der Waals surface area contributed by atoms with Crippen molar-refractivity contribution in [2.45, 2.75) is 20.8 Å². The van der Waals surface area contributed by atoms with Crippen molar-refractivity contribution in [1.82, 2.24) is 10.2 Å². The van der Waals surface area contributed by atoms with E-state index in [9.17, 15) is 4.79 Å². The Morgan fingerprint density at radius 3 is 2.20 bits per heavy atom. The van der Waals surface area contributed by atoms with Gasteiger partial charge in [0, 0.05) is 38.9 Å². The van der Waals surface area contributed by atoms with Gasteiger partial charge in [-0.2, -0.15) is 0 Å². The SMILES string of the molecule is CCN1CCNCC1.Cc1cccc(C)c1N(C)C=O. The van der Waals surface area contributed by atoms with Gasteiger partial charge in [-0.15, -0.1) is 0 Å². The number of hydrogen-bond donors (Lipinski definition) is 1. The number of para-hydroxylation sites is 1. The number of aryl methyl sites for hydroxylation is 2. The van der Waals surface area contributed by atoms with Gasteiger partial charge in [-0.25, -0.2) is 0 Å². The summed E-state index contributed by atoms with van der Waals surface area (Å²) in [6.45, 7) is 12.2. The number of piperazine rings is 1. The maximum Gasteiger partial charge on any atom is 0.213 e. The van der Waals surface area contributed by atoms with Crippen LogP contribution in [0, 0.1) is 13.8 Å². The Bertz CT molecular complexity index is 394. The van der Waals surface area contributed by atoms with Crippen LogP contribution in [0.5, 0.6) is 0 Å². The molecule has 4 nitrogen and oxygen atoms in total. The van der Waals surface area contributed by atoms with Crippen LogP contribution in [0.1, 0.15) is 18.1 Å². The molecule has 0 aromatic heterocycles. The highest BCUT2D eigenvalue weighted by molar-refractivity contribution is 5.78. The number of nitrogens with one attached hydrogen (secondary N) is 1. The first-order valence-corrected chi connectivity index (χ1v) is 7.27. The van der Waals surface area contributed by atoms with E-state index in [1.165, 1.54) is 32.7 Å². The first kappa shape index (κ1) is 16.7. The molecule has 0 aliphatic carbocycles. The third-order valence-electron chi connectivity index (χ3n) is 3.61. The van der Waals surface area contributed by atoms with E-state index in [0.29, 0.717) is 0 Å². The maximum absolute atomic E-state index is 10.5. The number of rotatable bonds is 3. The lowest BCUT2D eigenvalue weighted by molar-refractivity contribution is -0.107. The first-order chi connectivity index (χ1) is 9.60. The summed E-state index contributed by atoms with van der Waals surface area (Å²) in [5.41, 5.74) is 3.27. The minimum atomic E-state index is 0.829. The van der Waals surface area contributed by atoms with Crippen molar-refractivity contribution in [3.63, 3.8) is 0 Å². The summed E-state index contributed by atoms with van der Waals surface area (Å²) in [7, 11) is 1.77. The zero-order valence-corrected chi connectivity index (χ0v) is 13.1. The minimum absolute atomic E-state index is 0.829. The Kier molecular flexibility index (Phi) is 7.26. The number of carbonyl (C=O) groups excluding carboxylic acids is 1. The fraction of sp³-hybridized carbons (Fsp3) is 0.562. The average Bonchev–Trinajstić information content (AvgIpc) is 2.48. The summed E-state index contributed by atoms with van der Waals surface area (Å²) in [5, 5.41) is 3.31. The van der Waals surface area contributed by atoms with Gasteiger partial charge in [0.05, 0.1) is 0 Å². The number of amides is 1. The molecule has 1 heterocycles. The molecule has 0 saturated carbocycles. The van der Waals surface area contributed by atoms with E-state index in [4.69, 9.17) is 0 Å². The number of nitrogens with zero attached hydrogens (tertiary/aromatic N) is 2. The van der Waals surface area contributed by atoms with Crippen LogP contribution < -0.4 is 10.2 Å². The number of hydrogen-bond acceptors (Lipinski definition) is 3. The zero-order chi connectivity index (χ0) is 15.0. The smallest absolute Gasteiger partial charge is 0.213 e. The number of carbonyl (C=O) groups is 1. The molecule has 1 aliphatic heterocycles. The molecule has 1 aliphatic rings. The summed E-state index contributed by atoms with van der Waals surface area (Å²) in [6.07, 6.45) is 0.829. The van der Waals surface area contributed by atoms with E-state index in [2.05, 4.69) is 17.1 Å². The Morgan fingerprint density at radius 1 is 1.25 bits per heavy atom. The van der Waals surface area contributed by atoms with Gasteiger partial charge >= 0.3 is 0 Å². The molecule has 0 bridgehead atoms. The van der Waals surface area contributed by atoms with Crippen molar-refractivity contribution in [3.05, 3.63) is 29.3 Å². The second kappa shape index (κ2) is 8.72. The molecule has 1 amide bonds. The highest BCUT2D eigenvalue weighted by Gasteiger charge is 2.05. The molecule has 20 heavy (non-hydrogen) atoms. The zero-order valence-electron chi connectivity index (χ0n) is 13.1. The molecule has 1 aromatic rings. The molecule has 1 aromatic carbocycles. The van der Waals surface area contributed by atoms with Crippen LogP contribution in [0.2, 0.25) is 0 Å². The van der Waals surface area contributed by atoms with Gasteiger partial charge in [0.25, 0.3) is 0 Å². The van der Waals surface area contributed by atoms with Crippen LogP contribution in [0.25, 0.3) is 0 Å².